The molecular formula is C21H16BrN5O. The van der Waals surface area contributed by atoms with Crippen molar-refractivity contribution in [2.45, 2.75) is 6.54 Å². The number of nitrogens with one attached hydrogen (secondary N) is 1. The van der Waals surface area contributed by atoms with E-state index >= 15 is 0 Å². The summed E-state index contributed by atoms with van der Waals surface area (Å²) in [4.78, 5) is 21.3. The largest absolute Gasteiger partial charge is 0.346 e. The first-order valence-corrected chi connectivity index (χ1v) is 9.46. The molecule has 0 unspecified atom stereocenters. The second-order valence-electron chi connectivity index (χ2n) is 6.02. The first-order chi connectivity index (χ1) is 13.7. The van der Waals surface area contributed by atoms with Crippen LogP contribution in [0.2, 0.25) is 0 Å². The van der Waals surface area contributed by atoms with Crippen molar-refractivity contribution >= 4 is 21.8 Å². The van der Waals surface area contributed by atoms with Crippen LogP contribution in [-0.2, 0) is 6.54 Å². The summed E-state index contributed by atoms with van der Waals surface area (Å²) in [5.74, 6) is 0.357. The van der Waals surface area contributed by atoms with Gasteiger partial charge in [0, 0.05) is 30.7 Å². The van der Waals surface area contributed by atoms with Gasteiger partial charge in [0.25, 0.3) is 5.91 Å². The maximum absolute atomic E-state index is 12.8. The second kappa shape index (κ2) is 8.14. The van der Waals surface area contributed by atoms with E-state index in [9.17, 15) is 4.79 Å². The van der Waals surface area contributed by atoms with Crippen LogP contribution in [0.5, 0.6) is 0 Å². The van der Waals surface area contributed by atoms with E-state index in [1.807, 2.05) is 60.7 Å². The van der Waals surface area contributed by atoms with Crippen LogP contribution in [0.15, 0.2) is 83.7 Å². The number of hydrogen-bond donors (Lipinski definition) is 1. The molecule has 4 aromatic rings. The van der Waals surface area contributed by atoms with Gasteiger partial charge in [0.05, 0.1) is 10.2 Å². The van der Waals surface area contributed by atoms with E-state index in [2.05, 4.69) is 36.3 Å². The van der Waals surface area contributed by atoms with Crippen LogP contribution >= 0.6 is 15.9 Å². The Labute approximate surface area is 170 Å². The lowest BCUT2D eigenvalue weighted by Crippen LogP contribution is -2.23. The summed E-state index contributed by atoms with van der Waals surface area (Å²) in [6.45, 7) is 0.371. The Bertz CT molecular complexity index is 1080. The molecule has 0 saturated carbocycles. The highest BCUT2D eigenvalue weighted by Gasteiger charge is 2.23. The van der Waals surface area contributed by atoms with E-state index in [1.165, 1.54) is 0 Å². The number of hydrogen-bond acceptors (Lipinski definition) is 4. The lowest BCUT2D eigenvalue weighted by Gasteiger charge is -2.06. The van der Waals surface area contributed by atoms with Crippen LogP contribution in [-0.4, -0.2) is 25.7 Å². The predicted octanol–water partition coefficient (Wildman–Crippen LogP) is 4.02. The molecule has 28 heavy (non-hydrogen) atoms. The monoisotopic (exact) mass is 433 g/mol. The lowest BCUT2D eigenvalue weighted by atomic mass is 10.1. The average molecular weight is 434 g/mol. The number of rotatable bonds is 5. The number of amides is 1. The lowest BCUT2D eigenvalue weighted by molar-refractivity contribution is 0.0944. The van der Waals surface area contributed by atoms with Crippen LogP contribution in [0, 0.1) is 0 Å². The molecule has 1 aromatic carbocycles. The molecule has 0 fully saturated rings. The van der Waals surface area contributed by atoms with E-state index in [4.69, 9.17) is 0 Å². The summed E-state index contributed by atoms with van der Waals surface area (Å²) in [6.07, 6.45) is 5.11. The number of benzene rings is 1. The summed E-state index contributed by atoms with van der Waals surface area (Å²) in [6, 6.07) is 19.1. The summed E-state index contributed by atoms with van der Waals surface area (Å²) in [5.41, 5.74) is 2.91. The molecule has 1 N–H and O–H groups in total. The van der Waals surface area contributed by atoms with Gasteiger partial charge < -0.3 is 5.32 Å². The number of carbonyl (C=O) groups is 1. The van der Waals surface area contributed by atoms with Gasteiger partial charge in [0.15, 0.2) is 11.5 Å². The number of nitrogens with zero attached hydrogens (tertiary/aromatic N) is 4. The standard InChI is InChI=1S/C21H16BrN5O/c22-18-19(21(28)25-14-15-7-6-11-23-13-15)26-27(17-10-4-5-12-24-17)20(18)16-8-2-1-3-9-16/h1-13H,14H2,(H,25,28). The normalized spacial score (nSPS) is 10.6. The van der Waals surface area contributed by atoms with Gasteiger partial charge in [0.2, 0.25) is 0 Å². The molecule has 7 heteroatoms. The van der Waals surface area contributed by atoms with E-state index in [1.54, 1.807) is 23.3 Å². The van der Waals surface area contributed by atoms with Crippen molar-refractivity contribution < 1.29 is 4.79 Å². The van der Waals surface area contributed by atoms with Crippen LogP contribution < -0.4 is 5.32 Å². The second-order valence-corrected chi connectivity index (χ2v) is 6.81. The van der Waals surface area contributed by atoms with Crippen LogP contribution in [0.3, 0.4) is 0 Å². The van der Waals surface area contributed by atoms with Gasteiger partial charge in [-0.2, -0.15) is 5.10 Å². The molecule has 3 heterocycles. The number of aromatic nitrogens is 4. The van der Waals surface area contributed by atoms with Crippen molar-refractivity contribution in [3.8, 4) is 17.1 Å². The van der Waals surface area contributed by atoms with E-state index in [0.29, 0.717) is 22.5 Å². The van der Waals surface area contributed by atoms with Crippen molar-refractivity contribution in [1.29, 1.82) is 0 Å². The minimum absolute atomic E-state index is 0.275. The molecule has 0 bridgehead atoms. The van der Waals surface area contributed by atoms with E-state index in [-0.39, 0.29) is 5.91 Å². The number of halogens is 1. The fraction of sp³-hybridized carbons (Fsp3) is 0.0476. The van der Waals surface area contributed by atoms with Gasteiger partial charge in [-0.05, 0) is 39.7 Å². The van der Waals surface area contributed by atoms with Gasteiger partial charge in [0.1, 0.15) is 0 Å². The maximum Gasteiger partial charge on any atom is 0.273 e. The third kappa shape index (κ3) is 3.70. The quantitative estimate of drug-likeness (QED) is 0.515. The van der Waals surface area contributed by atoms with Gasteiger partial charge in [-0.15, -0.1) is 0 Å². The Morgan fingerprint density at radius 3 is 2.54 bits per heavy atom. The minimum Gasteiger partial charge on any atom is -0.346 e. The fourth-order valence-electron chi connectivity index (χ4n) is 2.80. The summed E-state index contributed by atoms with van der Waals surface area (Å²) < 4.78 is 2.30. The summed E-state index contributed by atoms with van der Waals surface area (Å²) >= 11 is 3.58. The molecule has 138 valence electrons. The Kier molecular flexibility index (Phi) is 5.25. The van der Waals surface area contributed by atoms with Crippen molar-refractivity contribution in [3.05, 3.63) is 95.0 Å². The highest BCUT2D eigenvalue weighted by Crippen LogP contribution is 2.32. The van der Waals surface area contributed by atoms with Crippen molar-refractivity contribution in [3.63, 3.8) is 0 Å². The molecule has 0 spiro atoms. The van der Waals surface area contributed by atoms with Crippen molar-refractivity contribution in [2.75, 3.05) is 0 Å². The minimum atomic E-state index is -0.275. The molecule has 6 nitrogen and oxygen atoms in total. The number of carbonyl (C=O) groups excluding carboxylic acids is 1. The zero-order chi connectivity index (χ0) is 19.3. The topological polar surface area (TPSA) is 72.7 Å². The zero-order valence-electron chi connectivity index (χ0n) is 14.8. The first-order valence-electron chi connectivity index (χ1n) is 8.66. The third-order valence-corrected chi connectivity index (χ3v) is 4.88. The molecular weight excluding hydrogens is 418 g/mol. The SMILES string of the molecule is O=C(NCc1cccnc1)c1nn(-c2ccccn2)c(-c2ccccc2)c1Br. The molecule has 3 aromatic heterocycles. The molecule has 1 amide bonds. The Hall–Kier alpha value is -3.32. The van der Waals surface area contributed by atoms with Gasteiger partial charge in [-0.1, -0.05) is 42.5 Å². The zero-order valence-corrected chi connectivity index (χ0v) is 16.4. The van der Waals surface area contributed by atoms with Gasteiger partial charge in [-0.3, -0.25) is 9.78 Å². The summed E-state index contributed by atoms with van der Waals surface area (Å²) in [5, 5.41) is 7.44. The van der Waals surface area contributed by atoms with Crippen LogP contribution in [0.4, 0.5) is 0 Å². The van der Waals surface area contributed by atoms with E-state index in [0.717, 1.165) is 16.8 Å². The fourth-order valence-corrected chi connectivity index (χ4v) is 3.46. The third-order valence-electron chi connectivity index (χ3n) is 4.13. The molecule has 0 aliphatic rings. The Morgan fingerprint density at radius 1 is 1.00 bits per heavy atom. The Balaban J connectivity index is 1.72. The van der Waals surface area contributed by atoms with Gasteiger partial charge in [-0.25, -0.2) is 9.67 Å². The molecule has 0 aliphatic carbocycles. The highest BCUT2D eigenvalue weighted by atomic mass is 79.9. The smallest absolute Gasteiger partial charge is 0.273 e. The molecule has 0 aliphatic heterocycles. The molecule has 0 saturated heterocycles. The maximum atomic E-state index is 12.8. The van der Waals surface area contributed by atoms with Crippen LogP contribution in [0.25, 0.3) is 17.1 Å². The number of pyridine rings is 2. The van der Waals surface area contributed by atoms with Crippen molar-refractivity contribution in [2.24, 2.45) is 0 Å². The van der Waals surface area contributed by atoms with Gasteiger partial charge >= 0.3 is 0 Å². The molecule has 0 atom stereocenters. The molecule has 0 radical (unpaired) electrons. The average Bonchev–Trinajstić information content (AvgIpc) is 3.11. The Morgan fingerprint density at radius 2 is 1.82 bits per heavy atom. The van der Waals surface area contributed by atoms with Crippen molar-refractivity contribution in [1.82, 2.24) is 25.1 Å². The van der Waals surface area contributed by atoms with Crippen LogP contribution in [0.1, 0.15) is 16.1 Å². The first kappa shape index (κ1) is 18.1. The highest BCUT2D eigenvalue weighted by molar-refractivity contribution is 9.10. The predicted molar refractivity (Wildman–Crippen MR) is 110 cm³/mol. The van der Waals surface area contributed by atoms with E-state index < -0.39 is 0 Å². The summed E-state index contributed by atoms with van der Waals surface area (Å²) in [7, 11) is 0. The molecule has 4 rings (SSSR count).